The second kappa shape index (κ2) is 4.97. The Bertz CT molecular complexity index is 472. The lowest BCUT2D eigenvalue weighted by molar-refractivity contribution is 0.263. The molecule has 0 aromatic carbocycles. The summed E-state index contributed by atoms with van der Waals surface area (Å²) in [5.74, 6) is 0. The van der Waals surface area contributed by atoms with Crippen molar-refractivity contribution in [1.29, 1.82) is 0 Å². The molecule has 0 amide bonds. The minimum absolute atomic E-state index is 0.291. The highest BCUT2D eigenvalue weighted by molar-refractivity contribution is 5.30. The van der Waals surface area contributed by atoms with Gasteiger partial charge in [0.2, 0.25) is 0 Å². The maximum atomic E-state index is 4.54. The number of rotatable bonds is 3. The number of hydrogen-bond acceptors (Lipinski definition) is 2. The molecule has 1 heterocycles. The summed E-state index contributed by atoms with van der Waals surface area (Å²) >= 11 is 0. The van der Waals surface area contributed by atoms with Crippen molar-refractivity contribution in [2.45, 2.75) is 39.7 Å². The molecule has 18 heavy (non-hydrogen) atoms. The molecule has 1 aliphatic carbocycles. The van der Waals surface area contributed by atoms with E-state index in [9.17, 15) is 0 Å². The lowest BCUT2D eigenvalue weighted by Gasteiger charge is -2.37. The molecule has 1 aromatic heterocycles. The summed E-state index contributed by atoms with van der Waals surface area (Å²) in [7, 11) is 0. The van der Waals surface area contributed by atoms with Crippen LogP contribution in [-0.4, -0.2) is 4.98 Å². The topological polar surface area (TPSA) is 24.9 Å². The number of aromatic nitrogens is 1. The van der Waals surface area contributed by atoms with Gasteiger partial charge in [0.25, 0.3) is 0 Å². The van der Waals surface area contributed by atoms with Crippen LogP contribution in [-0.2, 0) is 6.42 Å². The summed E-state index contributed by atoms with van der Waals surface area (Å²) in [6, 6.07) is 4.54. The SMILES string of the molecule is C=C/C(=C\C)NC1CC(C)(C)Cc2ncccc21. The fourth-order valence-electron chi connectivity index (χ4n) is 2.69. The van der Waals surface area contributed by atoms with Gasteiger partial charge in [0, 0.05) is 17.6 Å². The maximum Gasteiger partial charge on any atom is 0.0536 e. The zero-order chi connectivity index (χ0) is 13.2. The lowest BCUT2D eigenvalue weighted by Crippen LogP contribution is -2.33. The molecule has 2 nitrogen and oxygen atoms in total. The first kappa shape index (κ1) is 12.9. The highest BCUT2D eigenvalue weighted by Gasteiger charge is 2.32. The predicted molar refractivity (Wildman–Crippen MR) is 76.2 cm³/mol. The molecule has 1 aliphatic rings. The molecule has 0 spiro atoms. The molecule has 1 atom stereocenters. The van der Waals surface area contributed by atoms with E-state index in [1.165, 1.54) is 11.3 Å². The smallest absolute Gasteiger partial charge is 0.0536 e. The molecule has 1 unspecified atom stereocenters. The Balaban J connectivity index is 2.33. The zero-order valence-electron chi connectivity index (χ0n) is 11.5. The molecule has 0 radical (unpaired) electrons. The highest BCUT2D eigenvalue weighted by atomic mass is 14.9. The molecule has 96 valence electrons. The van der Waals surface area contributed by atoms with Crippen LogP contribution in [0.4, 0.5) is 0 Å². The molecule has 0 fully saturated rings. The van der Waals surface area contributed by atoms with E-state index in [0.717, 1.165) is 18.5 Å². The van der Waals surface area contributed by atoms with Gasteiger partial charge < -0.3 is 5.32 Å². The number of nitrogens with zero attached hydrogens (tertiary/aromatic N) is 1. The van der Waals surface area contributed by atoms with Crippen molar-refractivity contribution in [1.82, 2.24) is 10.3 Å². The minimum atomic E-state index is 0.291. The molecule has 0 saturated heterocycles. The van der Waals surface area contributed by atoms with E-state index < -0.39 is 0 Å². The third-order valence-electron chi connectivity index (χ3n) is 3.58. The molecule has 2 heteroatoms. The molecular weight excluding hydrogens is 220 g/mol. The van der Waals surface area contributed by atoms with Crippen LogP contribution in [0.5, 0.6) is 0 Å². The largest absolute Gasteiger partial charge is 0.378 e. The quantitative estimate of drug-likeness (QED) is 0.816. The molecule has 2 rings (SSSR count). The van der Waals surface area contributed by atoms with Gasteiger partial charge in [0.15, 0.2) is 0 Å². The third-order valence-corrected chi connectivity index (χ3v) is 3.58. The van der Waals surface area contributed by atoms with E-state index in [2.05, 4.69) is 42.9 Å². The summed E-state index contributed by atoms with van der Waals surface area (Å²) in [4.78, 5) is 4.54. The van der Waals surface area contributed by atoms with Crippen molar-refractivity contribution in [2.24, 2.45) is 5.41 Å². The Hall–Kier alpha value is -1.57. The van der Waals surface area contributed by atoms with E-state index in [4.69, 9.17) is 0 Å². The van der Waals surface area contributed by atoms with Gasteiger partial charge in [-0.2, -0.15) is 0 Å². The second-order valence-corrected chi connectivity index (χ2v) is 5.73. The van der Waals surface area contributed by atoms with Crippen LogP contribution in [0.2, 0.25) is 0 Å². The minimum Gasteiger partial charge on any atom is -0.378 e. The van der Waals surface area contributed by atoms with Crippen LogP contribution < -0.4 is 5.32 Å². The molecule has 1 N–H and O–H groups in total. The van der Waals surface area contributed by atoms with Crippen molar-refractivity contribution in [2.75, 3.05) is 0 Å². The van der Waals surface area contributed by atoms with E-state index in [1.807, 2.05) is 25.3 Å². The average Bonchev–Trinajstić information content (AvgIpc) is 2.34. The van der Waals surface area contributed by atoms with Gasteiger partial charge in [-0.3, -0.25) is 4.98 Å². The zero-order valence-corrected chi connectivity index (χ0v) is 11.5. The van der Waals surface area contributed by atoms with E-state index in [-0.39, 0.29) is 0 Å². The summed E-state index contributed by atoms with van der Waals surface area (Å²) in [6.45, 7) is 10.5. The van der Waals surface area contributed by atoms with Crippen molar-refractivity contribution >= 4 is 0 Å². The molecule has 0 saturated carbocycles. The van der Waals surface area contributed by atoms with Crippen molar-refractivity contribution in [3.63, 3.8) is 0 Å². The normalized spacial score (nSPS) is 22.2. The van der Waals surface area contributed by atoms with Crippen LogP contribution in [0.1, 0.15) is 44.5 Å². The van der Waals surface area contributed by atoms with Gasteiger partial charge in [-0.1, -0.05) is 32.6 Å². The van der Waals surface area contributed by atoms with Crippen molar-refractivity contribution in [3.8, 4) is 0 Å². The first-order valence-corrected chi connectivity index (χ1v) is 6.55. The molecular formula is C16H22N2. The highest BCUT2D eigenvalue weighted by Crippen LogP contribution is 2.40. The maximum absolute atomic E-state index is 4.54. The van der Waals surface area contributed by atoms with Crippen molar-refractivity contribution in [3.05, 3.63) is 54.0 Å². The van der Waals surface area contributed by atoms with Crippen LogP contribution >= 0.6 is 0 Å². The molecule has 0 bridgehead atoms. The van der Waals surface area contributed by atoms with E-state index in [0.29, 0.717) is 11.5 Å². The summed E-state index contributed by atoms with van der Waals surface area (Å²) in [5.41, 5.74) is 3.94. The summed E-state index contributed by atoms with van der Waals surface area (Å²) in [5, 5.41) is 3.57. The van der Waals surface area contributed by atoms with Crippen molar-refractivity contribution < 1.29 is 0 Å². The summed E-state index contributed by atoms with van der Waals surface area (Å²) in [6.07, 6.45) is 8.00. The van der Waals surface area contributed by atoms with Gasteiger partial charge in [-0.05, 0) is 42.9 Å². The standard InChI is InChI=1S/C16H22N2/c1-5-12(6-2)18-15-11-16(3,4)10-14-13(15)8-7-9-17-14/h5-9,15,18H,1,10-11H2,2-4H3/b12-6+. The van der Waals surface area contributed by atoms with Crippen LogP contribution in [0, 0.1) is 5.41 Å². The number of fused-ring (bicyclic) bond motifs is 1. The Morgan fingerprint density at radius 1 is 1.56 bits per heavy atom. The Morgan fingerprint density at radius 2 is 2.33 bits per heavy atom. The fraction of sp³-hybridized carbons (Fsp3) is 0.438. The summed E-state index contributed by atoms with van der Waals surface area (Å²) < 4.78 is 0. The second-order valence-electron chi connectivity index (χ2n) is 5.73. The van der Waals surface area contributed by atoms with E-state index in [1.54, 1.807) is 0 Å². The van der Waals surface area contributed by atoms with Crippen LogP contribution in [0.3, 0.4) is 0 Å². The monoisotopic (exact) mass is 242 g/mol. The number of nitrogens with one attached hydrogen (secondary N) is 1. The lowest BCUT2D eigenvalue weighted by atomic mass is 9.74. The first-order chi connectivity index (χ1) is 8.55. The predicted octanol–water partition coefficient (Wildman–Crippen LogP) is 3.77. The van der Waals surface area contributed by atoms with Crippen LogP contribution in [0.15, 0.2) is 42.8 Å². The Kier molecular flexibility index (Phi) is 3.55. The fourth-order valence-corrected chi connectivity index (χ4v) is 2.69. The van der Waals surface area contributed by atoms with Gasteiger partial charge in [-0.15, -0.1) is 0 Å². The van der Waals surface area contributed by atoms with Gasteiger partial charge in [-0.25, -0.2) is 0 Å². The van der Waals surface area contributed by atoms with Crippen LogP contribution in [0.25, 0.3) is 0 Å². The number of hydrogen-bond donors (Lipinski definition) is 1. The number of pyridine rings is 1. The molecule has 0 aliphatic heterocycles. The average molecular weight is 242 g/mol. The van der Waals surface area contributed by atoms with E-state index >= 15 is 0 Å². The first-order valence-electron chi connectivity index (χ1n) is 6.55. The number of allylic oxidation sites excluding steroid dienone is 2. The van der Waals surface area contributed by atoms with Gasteiger partial charge in [0.1, 0.15) is 0 Å². The third kappa shape index (κ3) is 2.63. The van der Waals surface area contributed by atoms with Gasteiger partial charge >= 0.3 is 0 Å². The Labute approximate surface area is 110 Å². The van der Waals surface area contributed by atoms with Gasteiger partial charge in [0.05, 0.1) is 6.04 Å². The molecule has 1 aromatic rings. The Morgan fingerprint density at radius 3 is 3.00 bits per heavy atom.